The summed E-state index contributed by atoms with van der Waals surface area (Å²) in [6, 6.07) is 21.8. The topological polar surface area (TPSA) is 0 Å². The zero-order valence-electron chi connectivity index (χ0n) is 16.6. The van der Waals surface area contributed by atoms with Crippen LogP contribution in [0.4, 0.5) is 0 Å². The van der Waals surface area contributed by atoms with Gasteiger partial charge in [-0.2, -0.15) is 12.1 Å². The summed E-state index contributed by atoms with van der Waals surface area (Å²) in [4.78, 5) is 0. The van der Waals surface area contributed by atoms with E-state index in [1.54, 1.807) is 23.3 Å². The summed E-state index contributed by atoms with van der Waals surface area (Å²) >= 11 is 1.72. The van der Waals surface area contributed by atoms with Crippen molar-refractivity contribution in [3.05, 3.63) is 82.9 Å². The zero-order valence-corrected chi connectivity index (χ0v) is 21.7. The second-order valence-electron chi connectivity index (χ2n) is 6.51. The Balaban J connectivity index is 0.000000412. The van der Waals surface area contributed by atoms with E-state index in [1.807, 2.05) is 0 Å². The molecule has 0 saturated carbocycles. The minimum atomic E-state index is 0. The van der Waals surface area contributed by atoms with Gasteiger partial charge in [-0.3, -0.25) is 0 Å². The summed E-state index contributed by atoms with van der Waals surface area (Å²) in [5, 5.41) is 5.51. The Morgan fingerprint density at radius 1 is 0.704 bits per heavy atom. The smallest absolute Gasteiger partial charge is 0.0488 e. The van der Waals surface area contributed by atoms with E-state index < -0.39 is 0 Å². The van der Waals surface area contributed by atoms with Gasteiger partial charge in [-0.25, -0.2) is 0 Å². The summed E-state index contributed by atoms with van der Waals surface area (Å²) in [7, 11) is 0. The molecule has 0 atom stereocenters. The first kappa shape index (κ1) is 26.3. The molecule has 0 heterocycles. The van der Waals surface area contributed by atoms with E-state index in [1.165, 1.54) is 43.8 Å². The molecule has 4 aromatic rings. The van der Waals surface area contributed by atoms with Crippen LogP contribution in [-0.4, -0.2) is 6.16 Å². The molecule has 0 nitrogen and oxygen atoms in total. The van der Waals surface area contributed by atoms with Gasteiger partial charge in [0.15, 0.2) is 0 Å². The quantitative estimate of drug-likeness (QED) is 0.245. The van der Waals surface area contributed by atoms with Crippen molar-refractivity contribution < 1.29 is 48.1 Å². The van der Waals surface area contributed by atoms with Crippen molar-refractivity contribution in [2.75, 3.05) is 0 Å². The number of rotatable bonds is 0. The normalized spacial score (nSPS) is 9.30. The van der Waals surface area contributed by atoms with Crippen LogP contribution in [0.15, 0.2) is 60.7 Å². The maximum atomic E-state index is 2.25. The van der Waals surface area contributed by atoms with E-state index in [0.29, 0.717) is 0 Å². The zero-order chi connectivity index (χ0) is 18.4. The predicted octanol–water partition coefficient (Wildman–Crippen LogP) is 0.292. The monoisotopic (exact) mass is 490 g/mol. The van der Waals surface area contributed by atoms with Crippen LogP contribution in [0.5, 0.6) is 0 Å². The number of hydrogen-bond donors (Lipinski definition) is 0. The fraction of sp³-hybridized carbons (Fsp3) is 0.217. The SMILES string of the molecule is C[SiH]=[Zr+2].Cc1cc2c(C)cccc2[cH-]1.Cc1cc2c(C)cccc2[cH-]1.[Cl-].[Cl-]. The third kappa shape index (κ3) is 7.35. The van der Waals surface area contributed by atoms with E-state index in [4.69, 9.17) is 0 Å². The summed E-state index contributed by atoms with van der Waals surface area (Å²) in [6.45, 7) is 10.8. The van der Waals surface area contributed by atoms with Crippen LogP contribution in [0, 0.1) is 27.7 Å². The van der Waals surface area contributed by atoms with Crippen LogP contribution >= 0.6 is 0 Å². The van der Waals surface area contributed by atoms with Gasteiger partial charge in [-0.1, -0.05) is 37.1 Å². The second kappa shape index (κ2) is 12.7. The molecule has 4 heteroatoms. The summed E-state index contributed by atoms with van der Waals surface area (Å²) in [6.07, 6.45) is 0.840. The molecule has 0 aromatic heterocycles. The van der Waals surface area contributed by atoms with Crippen molar-refractivity contribution in [2.45, 2.75) is 34.2 Å². The molecule has 27 heavy (non-hydrogen) atoms. The molecule has 0 bridgehead atoms. The van der Waals surface area contributed by atoms with Crippen molar-refractivity contribution in [2.24, 2.45) is 0 Å². The van der Waals surface area contributed by atoms with Crippen LogP contribution in [-0.2, 0) is 23.3 Å². The van der Waals surface area contributed by atoms with Gasteiger partial charge in [0.2, 0.25) is 0 Å². The Hall–Kier alpha value is -0.660. The number of hydrogen-bond acceptors (Lipinski definition) is 0. The third-order valence-electron chi connectivity index (χ3n) is 4.23. The summed E-state index contributed by atoms with van der Waals surface area (Å²) < 4.78 is 0. The van der Waals surface area contributed by atoms with Gasteiger partial charge in [0.25, 0.3) is 0 Å². The minimum Gasteiger partial charge on any atom is -1.00 e. The molecule has 0 aliphatic heterocycles. The molecule has 0 spiro atoms. The van der Waals surface area contributed by atoms with Gasteiger partial charge in [-0.05, 0) is 13.8 Å². The Bertz CT molecular complexity index is 905. The standard InChI is InChI=1S/2C11H11.CH4Si.2ClH.Zr/c2*1-8-6-10-5-3-4-9(2)11(10)7-8;1-2;;;/h2*3-7H,1-2H3;2H,1H3;2*1H;/q2*-1;;;;+2/p-2. The molecule has 4 aromatic carbocycles. The van der Waals surface area contributed by atoms with E-state index >= 15 is 0 Å². The first-order valence-electron chi connectivity index (χ1n) is 8.66. The Morgan fingerprint density at radius 2 is 1.04 bits per heavy atom. The molecule has 0 saturated heterocycles. The van der Waals surface area contributed by atoms with Gasteiger partial charge in [0.05, 0.1) is 0 Å². The second-order valence-corrected chi connectivity index (χ2v) is 11.3. The van der Waals surface area contributed by atoms with E-state index in [-0.39, 0.29) is 24.8 Å². The molecule has 0 unspecified atom stereocenters. The van der Waals surface area contributed by atoms with E-state index in [2.05, 4.69) is 94.9 Å². The van der Waals surface area contributed by atoms with Crippen LogP contribution in [0.3, 0.4) is 0 Å². The number of aryl methyl sites for hydroxylation is 4. The molecule has 0 aliphatic rings. The van der Waals surface area contributed by atoms with E-state index in [9.17, 15) is 0 Å². The fourth-order valence-electron chi connectivity index (χ4n) is 3.08. The Kier molecular flexibility index (Phi) is 12.4. The van der Waals surface area contributed by atoms with Crippen LogP contribution in [0.2, 0.25) is 6.55 Å². The Labute approximate surface area is 191 Å². The van der Waals surface area contributed by atoms with Crippen LogP contribution in [0.25, 0.3) is 21.5 Å². The largest absolute Gasteiger partial charge is 1.00 e. The Morgan fingerprint density at radius 3 is 1.33 bits per heavy atom. The third-order valence-corrected chi connectivity index (χ3v) is 4.23. The van der Waals surface area contributed by atoms with Crippen LogP contribution in [0.1, 0.15) is 22.3 Å². The van der Waals surface area contributed by atoms with Gasteiger partial charge in [0, 0.05) is 0 Å². The molecule has 142 valence electrons. The summed E-state index contributed by atoms with van der Waals surface area (Å²) in [5.74, 6) is 0. The average molecular weight is 493 g/mol. The average Bonchev–Trinajstić information content (AvgIpc) is 3.12. The first-order chi connectivity index (χ1) is 12.0. The van der Waals surface area contributed by atoms with Crippen molar-refractivity contribution in [3.63, 3.8) is 0 Å². The number of fused-ring (bicyclic) bond motifs is 2. The maximum Gasteiger partial charge on any atom is -0.0488 e. The van der Waals surface area contributed by atoms with Crippen molar-refractivity contribution in [1.29, 1.82) is 0 Å². The predicted molar refractivity (Wildman–Crippen MR) is 111 cm³/mol. The minimum absolute atomic E-state index is 0. The van der Waals surface area contributed by atoms with Gasteiger partial charge >= 0.3 is 36.0 Å². The molecular formula is C23H26Cl2SiZr-2. The molecule has 4 rings (SSSR count). The van der Waals surface area contributed by atoms with Crippen molar-refractivity contribution in [1.82, 2.24) is 0 Å². The van der Waals surface area contributed by atoms with E-state index in [0.717, 1.165) is 6.16 Å². The molecule has 0 radical (unpaired) electrons. The van der Waals surface area contributed by atoms with Crippen LogP contribution < -0.4 is 24.8 Å². The maximum absolute atomic E-state index is 2.25. The first-order valence-corrected chi connectivity index (χ1v) is 14.7. The summed E-state index contributed by atoms with van der Waals surface area (Å²) in [5.41, 5.74) is 5.45. The van der Waals surface area contributed by atoms with Gasteiger partial charge in [-0.15, -0.1) is 69.1 Å². The van der Waals surface area contributed by atoms with Crippen molar-refractivity contribution in [3.8, 4) is 0 Å². The fourth-order valence-corrected chi connectivity index (χ4v) is 3.08. The van der Waals surface area contributed by atoms with Crippen molar-refractivity contribution >= 4 is 27.7 Å². The molecular weight excluding hydrogens is 466 g/mol. The van der Waals surface area contributed by atoms with Gasteiger partial charge in [0.1, 0.15) is 0 Å². The molecule has 0 amide bonds. The number of benzene rings is 2. The molecule has 0 N–H and O–H groups in total. The number of halogens is 2. The molecule has 0 aliphatic carbocycles. The molecule has 0 fully saturated rings. The van der Waals surface area contributed by atoms with Gasteiger partial charge < -0.3 is 24.8 Å².